The third-order valence-electron chi connectivity index (χ3n) is 3.56. The average Bonchev–Trinajstić information content (AvgIpc) is 3.03. The average molecular weight is 350 g/mol. The van der Waals surface area contributed by atoms with Crippen LogP contribution in [0.25, 0.3) is 11.4 Å². The molecular formula is C16H13F3N4O2. The van der Waals surface area contributed by atoms with Gasteiger partial charge in [-0.3, -0.25) is 4.79 Å². The normalized spacial score (nSPS) is 11.7. The summed E-state index contributed by atoms with van der Waals surface area (Å²) in [5, 5.41) is 3.26. The summed E-state index contributed by atoms with van der Waals surface area (Å²) in [7, 11) is 0. The molecule has 0 aliphatic carbocycles. The molecule has 0 aliphatic rings. The van der Waals surface area contributed by atoms with Gasteiger partial charge in [0.25, 0.3) is 5.56 Å². The number of nitrogen functional groups attached to an aromatic ring is 1. The van der Waals surface area contributed by atoms with Gasteiger partial charge in [-0.1, -0.05) is 22.9 Å². The van der Waals surface area contributed by atoms with E-state index < -0.39 is 17.6 Å². The van der Waals surface area contributed by atoms with Gasteiger partial charge in [0.15, 0.2) is 0 Å². The Labute approximate surface area is 139 Å². The Morgan fingerprint density at radius 2 is 2.00 bits per heavy atom. The molecule has 25 heavy (non-hydrogen) atoms. The molecule has 0 radical (unpaired) electrons. The van der Waals surface area contributed by atoms with Crippen LogP contribution in [0.3, 0.4) is 0 Å². The van der Waals surface area contributed by atoms with Gasteiger partial charge in [0.1, 0.15) is 0 Å². The Morgan fingerprint density at radius 1 is 1.24 bits per heavy atom. The first-order valence-corrected chi connectivity index (χ1v) is 7.21. The number of nitrogens with zero attached hydrogens (tertiary/aromatic N) is 3. The van der Waals surface area contributed by atoms with E-state index >= 15 is 0 Å². The number of rotatable bonds is 3. The first-order chi connectivity index (χ1) is 11.7. The van der Waals surface area contributed by atoms with Crippen molar-refractivity contribution in [3.63, 3.8) is 0 Å². The highest BCUT2D eigenvalue weighted by Crippen LogP contribution is 2.29. The Balaban J connectivity index is 1.90. The summed E-state index contributed by atoms with van der Waals surface area (Å²) < 4.78 is 43.1. The second kappa shape index (κ2) is 6.08. The smallest absolute Gasteiger partial charge is 0.398 e. The minimum atomic E-state index is -4.73. The van der Waals surface area contributed by atoms with Crippen molar-refractivity contribution >= 4 is 5.69 Å². The molecule has 0 fully saturated rings. The van der Waals surface area contributed by atoms with Gasteiger partial charge >= 0.3 is 12.1 Å². The Morgan fingerprint density at radius 3 is 2.64 bits per heavy atom. The number of benzene rings is 1. The van der Waals surface area contributed by atoms with Gasteiger partial charge < -0.3 is 14.8 Å². The highest BCUT2D eigenvalue weighted by molar-refractivity contribution is 5.53. The van der Waals surface area contributed by atoms with Crippen LogP contribution in [-0.4, -0.2) is 14.7 Å². The fraction of sp³-hybridized carbons (Fsp3) is 0.188. The zero-order valence-electron chi connectivity index (χ0n) is 13.0. The van der Waals surface area contributed by atoms with Crippen molar-refractivity contribution < 1.29 is 17.7 Å². The lowest BCUT2D eigenvalue weighted by atomic mass is 10.1. The van der Waals surface area contributed by atoms with Crippen molar-refractivity contribution in [1.29, 1.82) is 0 Å². The molecule has 0 bridgehead atoms. The molecule has 3 aromatic rings. The molecule has 2 aromatic heterocycles. The lowest BCUT2D eigenvalue weighted by Gasteiger charge is -2.09. The van der Waals surface area contributed by atoms with E-state index in [-0.39, 0.29) is 17.9 Å². The quantitative estimate of drug-likeness (QED) is 0.734. The summed E-state index contributed by atoms with van der Waals surface area (Å²) in [4.78, 5) is 15.5. The number of hydrogen-bond acceptors (Lipinski definition) is 5. The number of pyridine rings is 1. The molecule has 1 aromatic carbocycles. The van der Waals surface area contributed by atoms with Crippen LogP contribution < -0.4 is 11.3 Å². The van der Waals surface area contributed by atoms with E-state index in [0.29, 0.717) is 5.69 Å². The summed E-state index contributed by atoms with van der Waals surface area (Å²) in [6, 6.07) is 8.07. The molecule has 2 N–H and O–H groups in total. The molecule has 0 saturated heterocycles. The van der Waals surface area contributed by atoms with Gasteiger partial charge in [0.05, 0.1) is 6.54 Å². The van der Waals surface area contributed by atoms with Crippen molar-refractivity contribution in [2.75, 3.05) is 5.73 Å². The molecular weight excluding hydrogens is 337 g/mol. The molecule has 6 nitrogen and oxygen atoms in total. The van der Waals surface area contributed by atoms with Crippen LogP contribution >= 0.6 is 0 Å². The molecule has 0 amide bonds. The second-order valence-electron chi connectivity index (χ2n) is 5.50. The van der Waals surface area contributed by atoms with Gasteiger partial charge in [0, 0.05) is 23.5 Å². The predicted molar refractivity (Wildman–Crippen MR) is 83.7 cm³/mol. The summed E-state index contributed by atoms with van der Waals surface area (Å²) >= 11 is 0. The first-order valence-electron chi connectivity index (χ1n) is 7.21. The van der Waals surface area contributed by atoms with Gasteiger partial charge in [-0.2, -0.15) is 18.2 Å². The lowest BCUT2D eigenvalue weighted by molar-refractivity contribution is -0.159. The van der Waals surface area contributed by atoms with E-state index in [1.807, 2.05) is 19.1 Å². The van der Waals surface area contributed by atoms with Crippen LogP contribution in [0.15, 0.2) is 45.8 Å². The molecule has 0 aliphatic heterocycles. The molecule has 0 saturated carbocycles. The van der Waals surface area contributed by atoms with Gasteiger partial charge in [-0.15, -0.1) is 0 Å². The first kappa shape index (κ1) is 16.7. The van der Waals surface area contributed by atoms with Crippen molar-refractivity contribution in [2.45, 2.75) is 19.6 Å². The molecule has 9 heteroatoms. The fourth-order valence-corrected chi connectivity index (χ4v) is 2.29. The molecule has 2 heterocycles. The number of halogens is 3. The number of hydrogen-bond donors (Lipinski definition) is 1. The summed E-state index contributed by atoms with van der Waals surface area (Å²) in [5.41, 5.74) is 7.94. The van der Waals surface area contributed by atoms with Crippen LogP contribution in [0.1, 0.15) is 17.0 Å². The lowest BCUT2D eigenvalue weighted by Crippen LogP contribution is -2.19. The summed E-state index contributed by atoms with van der Waals surface area (Å²) in [6.07, 6.45) is -3.29. The van der Waals surface area contributed by atoms with Gasteiger partial charge in [-0.25, -0.2) is 0 Å². The number of nitrogens with two attached hydrogens (primary N) is 1. The highest BCUT2D eigenvalue weighted by Gasteiger charge is 2.38. The summed E-state index contributed by atoms with van der Waals surface area (Å²) in [5.74, 6) is -1.76. The van der Waals surface area contributed by atoms with Crippen LogP contribution in [0.2, 0.25) is 0 Å². The fourth-order valence-electron chi connectivity index (χ4n) is 2.29. The Bertz CT molecular complexity index is 976. The Hall–Kier alpha value is -3.10. The van der Waals surface area contributed by atoms with E-state index in [1.165, 1.54) is 16.8 Å². The van der Waals surface area contributed by atoms with Crippen molar-refractivity contribution in [3.05, 3.63) is 63.9 Å². The SMILES string of the molecule is Cc1ccc(N)c(Cn2ccc(-c3noc(C(F)(F)F)n3)cc2=O)c1. The number of alkyl halides is 3. The predicted octanol–water partition coefficient (Wildman–Crippen LogP) is 2.86. The minimum Gasteiger partial charge on any atom is -0.398 e. The van der Waals surface area contributed by atoms with E-state index in [1.54, 1.807) is 6.07 Å². The standard InChI is InChI=1S/C16H13F3N4O2/c1-9-2-3-12(20)11(6-9)8-23-5-4-10(7-13(23)24)14-21-15(25-22-14)16(17,18)19/h2-7H,8,20H2,1H3. The largest absolute Gasteiger partial charge is 0.471 e. The maximum Gasteiger partial charge on any atom is 0.471 e. The van der Waals surface area contributed by atoms with Crippen LogP contribution in [-0.2, 0) is 12.7 Å². The van der Waals surface area contributed by atoms with Crippen molar-refractivity contribution in [3.8, 4) is 11.4 Å². The van der Waals surface area contributed by atoms with Gasteiger partial charge in [-0.05, 0) is 24.6 Å². The molecule has 0 spiro atoms. The highest BCUT2D eigenvalue weighted by atomic mass is 19.4. The minimum absolute atomic E-state index is 0.137. The third-order valence-corrected chi connectivity index (χ3v) is 3.56. The Kier molecular flexibility index (Phi) is 4.07. The third kappa shape index (κ3) is 3.54. The maximum atomic E-state index is 12.5. The van der Waals surface area contributed by atoms with E-state index in [9.17, 15) is 18.0 Å². The van der Waals surface area contributed by atoms with E-state index in [0.717, 1.165) is 17.2 Å². The number of aryl methyl sites for hydroxylation is 1. The zero-order valence-corrected chi connectivity index (χ0v) is 13.0. The molecule has 0 atom stereocenters. The second-order valence-corrected chi connectivity index (χ2v) is 5.50. The number of aromatic nitrogens is 3. The van der Waals surface area contributed by atoms with Crippen LogP contribution in [0.5, 0.6) is 0 Å². The zero-order chi connectivity index (χ0) is 18.2. The molecule has 3 rings (SSSR count). The van der Waals surface area contributed by atoms with Crippen LogP contribution in [0, 0.1) is 6.92 Å². The monoisotopic (exact) mass is 350 g/mol. The molecule has 130 valence electrons. The van der Waals surface area contributed by atoms with Gasteiger partial charge in [0.2, 0.25) is 5.82 Å². The summed E-state index contributed by atoms with van der Waals surface area (Å²) in [6.45, 7) is 2.15. The van der Waals surface area contributed by atoms with E-state index in [2.05, 4.69) is 14.7 Å². The van der Waals surface area contributed by atoms with E-state index in [4.69, 9.17) is 5.73 Å². The van der Waals surface area contributed by atoms with Crippen molar-refractivity contribution in [2.24, 2.45) is 0 Å². The molecule has 0 unspecified atom stereocenters. The maximum absolute atomic E-state index is 12.5. The topological polar surface area (TPSA) is 86.9 Å². The number of anilines is 1. The van der Waals surface area contributed by atoms with Crippen molar-refractivity contribution in [1.82, 2.24) is 14.7 Å². The van der Waals surface area contributed by atoms with Crippen LogP contribution in [0.4, 0.5) is 18.9 Å².